The predicted molar refractivity (Wildman–Crippen MR) is 81.9 cm³/mol. The molecule has 2 unspecified atom stereocenters. The zero-order valence-corrected chi connectivity index (χ0v) is 12.9. The van der Waals surface area contributed by atoms with Crippen molar-refractivity contribution < 1.29 is 9.90 Å². The summed E-state index contributed by atoms with van der Waals surface area (Å²) >= 11 is 5.52. The van der Waals surface area contributed by atoms with Gasteiger partial charge in [0, 0.05) is 34.6 Å². The second-order valence-corrected chi connectivity index (χ2v) is 6.92. The first-order chi connectivity index (χ1) is 9.08. The first-order valence-corrected chi connectivity index (χ1v) is 8.15. The Labute approximate surface area is 124 Å². The van der Waals surface area contributed by atoms with Gasteiger partial charge in [-0.2, -0.15) is 11.8 Å². The number of rotatable bonds is 2. The Morgan fingerprint density at radius 2 is 2.32 bits per heavy atom. The lowest BCUT2D eigenvalue weighted by molar-refractivity contribution is -0.123. The van der Waals surface area contributed by atoms with Gasteiger partial charge in [-0.25, -0.2) is 0 Å². The molecule has 0 spiro atoms. The molecule has 2 aliphatic rings. The van der Waals surface area contributed by atoms with E-state index in [1.165, 1.54) is 12.2 Å². The van der Waals surface area contributed by atoms with E-state index in [1.807, 2.05) is 23.9 Å². The summed E-state index contributed by atoms with van der Waals surface area (Å²) in [4.78, 5) is 13.7. The molecule has 1 aromatic rings. The lowest BCUT2D eigenvalue weighted by Crippen LogP contribution is -2.31. The average Bonchev–Trinajstić information content (AvgIpc) is 3.00. The number of hydrogen-bond acceptors (Lipinski definition) is 4. The van der Waals surface area contributed by atoms with E-state index in [9.17, 15) is 9.90 Å². The number of carbonyl (C=O) groups is 1. The van der Waals surface area contributed by atoms with Crippen molar-refractivity contribution in [3.05, 3.63) is 22.2 Å². The Morgan fingerprint density at radius 1 is 1.53 bits per heavy atom. The number of aliphatic hydroxyl groups is 1. The number of nitrogens with zero attached hydrogens (tertiary/aromatic N) is 1. The van der Waals surface area contributed by atoms with Crippen molar-refractivity contribution in [2.75, 3.05) is 28.8 Å². The number of anilines is 2. The molecule has 0 radical (unpaired) electrons. The van der Waals surface area contributed by atoms with E-state index in [0.717, 1.165) is 15.9 Å². The van der Waals surface area contributed by atoms with Crippen molar-refractivity contribution in [3.63, 3.8) is 0 Å². The van der Waals surface area contributed by atoms with Crippen molar-refractivity contribution >= 4 is 45.0 Å². The van der Waals surface area contributed by atoms with Crippen LogP contribution in [0.5, 0.6) is 0 Å². The van der Waals surface area contributed by atoms with E-state index in [-0.39, 0.29) is 5.91 Å². The van der Waals surface area contributed by atoms with Gasteiger partial charge in [-0.05, 0) is 40.2 Å². The van der Waals surface area contributed by atoms with Crippen LogP contribution in [0, 0.1) is 0 Å². The van der Waals surface area contributed by atoms with Gasteiger partial charge in [0.15, 0.2) is 6.10 Å². The van der Waals surface area contributed by atoms with Crippen molar-refractivity contribution in [2.24, 2.45) is 0 Å². The van der Waals surface area contributed by atoms with Crippen molar-refractivity contribution in [1.82, 2.24) is 0 Å². The van der Waals surface area contributed by atoms with Crippen LogP contribution < -0.4 is 10.2 Å². The average molecular weight is 343 g/mol. The second-order valence-electron chi connectivity index (χ2n) is 4.91. The van der Waals surface area contributed by atoms with Crippen LogP contribution in [0.2, 0.25) is 0 Å². The first kappa shape index (κ1) is 13.3. The van der Waals surface area contributed by atoms with Crippen LogP contribution >= 0.6 is 27.7 Å². The normalized spacial score (nSPS) is 25.3. The Kier molecular flexibility index (Phi) is 3.49. The topological polar surface area (TPSA) is 52.6 Å². The molecule has 19 heavy (non-hydrogen) atoms. The smallest absolute Gasteiger partial charge is 0.257 e. The third kappa shape index (κ3) is 2.26. The highest BCUT2D eigenvalue weighted by atomic mass is 79.9. The van der Waals surface area contributed by atoms with Gasteiger partial charge >= 0.3 is 0 Å². The van der Waals surface area contributed by atoms with Gasteiger partial charge in [0.2, 0.25) is 0 Å². The predicted octanol–water partition coefficient (Wildman–Crippen LogP) is 2.38. The van der Waals surface area contributed by atoms with E-state index < -0.39 is 6.10 Å². The largest absolute Gasteiger partial charge is 0.378 e. The fourth-order valence-corrected chi connectivity index (χ4v) is 4.46. The highest BCUT2D eigenvalue weighted by Gasteiger charge is 2.31. The molecule has 6 heteroatoms. The summed E-state index contributed by atoms with van der Waals surface area (Å²) in [5.41, 5.74) is 2.42. The van der Waals surface area contributed by atoms with Crippen LogP contribution in [0.15, 0.2) is 16.6 Å². The molecule has 3 rings (SSSR count). The number of aliphatic hydroxyl groups excluding tert-OH is 1. The van der Waals surface area contributed by atoms with Gasteiger partial charge < -0.3 is 15.3 Å². The molecule has 1 aromatic carbocycles. The van der Waals surface area contributed by atoms with Crippen LogP contribution in [0.25, 0.3) is 0 Å². The molecular weight excluding hydrogens is 328 g/mol. The molecule has 2 heterocycles. The van der Waals surface area contributed by atoms with E-state index in [0.29, 0.717) is 17.3 Å². The molecule has 0 bridgehead atoms. The maximum absolute atomic E-state index is 11.5. The SMILES string of the molecule is CN(c1cc2c(cc1Br)C(O)C(=O)N2)C1CCSC1. The van der Waals surface area contributed by atoms with E-state index in [4.69, 9.17) is 0 Å². The molecule has 1 saturated heterocycles. The Balaban J connectivity index is 1.95. The Morgan fingerprint density at radius 3 is 3.00 bits per heavy atom. The van der Waals surface area contributed by atoms with E-state index in [1.54, 1.807) is 0 Å². The van der Waals surface area contributed by atoms with Crippen LogP contribution in [0.1, 0.15) is 18.1 Å². The quantitative estimate of drug-likeness (QED) is 0.866. The number of halogens is 1. The molecular formula is C13H15BrN2O2S. The zero-order chi connectivity index (χ0) is 13.6. The molecule has 0 aromatic heterocycles. The number of thioether (sulfide) groups is 1. The molecule has 2 aliphatic heterocycles. The van der Waals surface area contributed by atoms with Gasteiger partial charge in [0.1, 0.15) is 0 Å². The number of hydrogen-bond donors (Lipinski definition) is 2. The monoisotopic (exact) mass is 342 g/mol. The summed E-state index contributed by atoms with van der Waals surface area (Å²) in [6.45, 7) is 0. The minimum atomic E-state index is -1.05. The summed E-state index contributed by atoms with van der Waals surface area (Å²) in [6, 6.07) is 4.31. The van der Waals surface area contributed by atoms with Crippen LogP contribution in [0.3, 0.4) is 0 Å². The third-order valence-electron chi connectivity index (χ3n) is 3.75. The summed E-state index contributed by atoms with van der Waals surface area (Å²) in [7, 11) is 2.08. The molecule has 2 atom stereocenters. The Hall–Kier alpha value is -0.720. The Bertz CT molecular complexity index is 532. The standard InChI is InChI=1S/C13H15BrN2O2S/c1-16(7-2-3-19-6-7)11-5-10-8(4-9(11)14)12(17)13(18)15-10/h4-5,7,12,17H,2-3,6H2,1H3,(H,15,18). The highest BCUT2D eigenvalue weighted by molar-refractivity contribution is 9.10. The van der Waals surface area contributed by atoms with Gasteiger partial charge in [-0.15, -0.1) is 0 Å². The van der Waals surface area contributed by atoms with Crippen LogP contribution in [-0.2, 0) is 4.79 Å². The lowest BCUT2D eigenvalue weighted by Gasteiger charge is -2.27. The molecule has 102 valence electrons. The number of fused-ring (bicyclic) bond motifs is 1. The fraction of sp³-hybridized carbons (Fsp3) is 0.462. The molecule has 4 nitrogen and oxygen atoms in total. The van der Waals surface area contributed by atoms with Crippen molar-refractivity contribution in [3.8, 4) is 0 Å². The van der Waals surface area contributed by atoms with Crippen molar-refractivity contribution in [1.29, 1.82) is 0 Å². The van der Waals surface area contributed by atoms with Crippen molar-refractivity contribution in [2.45, 2.75) is 18.6 Å². The molecule has 0 saturated carbocycles. The minimum Gasteiger partial charge on any atom is -0.378 e. The third-order valence-corrected chi connectivity index (χ3v) is 5.53. The van der Waals surface area contributed by atoms with Gasteiger partial charge in [0.25, 0.3) is 5.91 Å². The summed E-state index contributed by atoms with van der Waals surface area (Å²) in [6.07, 6.45) is 0.132. The molecule has 0 aliphatic carbocycles. The number of nitrogens with one attached hydrogen (secondary N) is 1. The fourth-order valence-electron chi connectivity index (χ4n) is 2.55. The first-order valence-electron chi connectivity index (χ1n) is 6.21. The summed E-state index contributed by atoms with van der Waals surface area (Å²) in [5, 5.41) is 12.5. The second kappa shape index (κ2) is 5.00. The number of benzene rings is 1. The minimum absolute atomic E-state index is 0.349. The van der Waals surface area contributed by atoms with Gasteiger partial charge in [-0.1, -0.05) is 0 Å². The van der Waals surface area contributed by atoms with Crippen LogP contribution in [-0.4, -0.2) is 35.6 Å². The maximum atomic E-state index is 11.5. The van der Waals surface area contributed by atoms with Gasteiger partial charge in [-0.3, -0.25) is 4.79 Å². The summed E-state index contributed by atoms with van der Waals surface area (Å²) < 4.78 is 0.918. The number of amides is 1. The number of carbonyl (C=O) groups excluding carboxylic acids is 1. The zero-order valence-electron chi connectivity index (χ0n) is 10.5. The van der Waals surface area contributed by atoms with Crippen LogP contribution in [0.4, 0.5) is 11.4 Å². The van der Waals surface area contributed by atoms with E-state index >= 15 is 0 Å². The lowest BCUT2D eigenvalue weighted by atomic mass is 10.1. The summed E-state index contributed by atoms with van der Waals surface area (Å²) in [5.74, 6) is 1.99. The molecule has 1 fully saturated rings. The maximum Gasteiger partial charge on any atom is 0.257 e. The van der Waals surface area contributed by atoms with Gasteiger partial charge in [0.05, 0.1) is 5.69 Å². The highest BCUT2D eigenvalue weighted by Crippen LogP contribution is 2.40. The van der Waals surface area contributed by atoms with E-state index in [2.05, 4.69) is 33.2 Å². The molecule has 2 N–H and O–H groups in total. The molecule has 1 amide bonds.